The molecule has 1 fully saturated rings. The van der Waals surface area contributed by atoms with Gasteiger partial charge in [0.1, 0.15) is 5.69 Å². The maximum atomic E-state index is 13.0. The lowest BCUT2D eigenvalue weighted by molar-refractivity contribution is 0.0604. The second-order valence-electron chi connectivity index (χ2n) is 6.30. The van der Waals surface area contributed by atoms with Crippen LogP contribution in [0.4, 0.5) is 0 Å². The van der Waals surface area contributed by atoms with Crippen LogP contribution in [0.1, 0.15) is 58.6 Å². The van der Waals surface area contributed by atoms with E-state index in [1.54, 1.807) is 0 Å². The third-order valence-electron chi connectivity index (χ3n) is 4.56. The molecule has 0 bridgehead atoms. The summed E-state index contributed by atoms with van der Waals surface area (Å²) in [5.41, 5.74) is 1.09. The van der Waals surface area contributed by atoms with E-state index in [2.05, 4.69) is 9.97 Å². The van der Waals surface area contributed by atoms with Crippen LogP contribution in [-0.2, 0) is 6.54 Å². The molecule has 0 saturated heterocycles. The number of hydrogen-bond donors (Lipinski definition) is 1. The van der Waals surface area contributed by atoms with Crippen LogP contribution in [0.2, 0.25) is 0 Å². The summed E-state index contributed by atoms with van der Waals surface area (Å²) in [6.45, 7) is 0.521. The third kappa shape index (κ3) is 4.21. The predicted octanol–water partition coefficient (Wildman–Crippen LogP) is 3.15. The minimum Gasteiger partial charge on any atom is -0.476 e. The second-order valence-corrected chi connectivity index (χ2v) is 6.30. The van der Waals surface area contributed by atoms with Crippen LogP contribution in [0.25, 0.3) is 0 Å². The number of benzene rings is 1. The van der Waals surface area contributed by atoms with Gasteiger partial charge in [0.2, 0.25) is 0 Å². The molecule has 3 rings (SSSR count). The largest absolute Gasteiger partial charge is 0.476 e. The van der Waals surface area contributed by atoms with Gasteiger partial charge in [-0.3, -0.25) is 4.79 Å². The van der Waals surface area contributed by atoms with Crippen molar-refractivity contribution in [2.24, 2.45) is 0 Å². The van der Waals surface area contributed by atoms with Crippen molar-refractivity contribution in [3.05, 3.63) is 59.7 Å². The summed E-state index contributed by atoms with van der Waals surface area (Å²) in [6, 6.07) is 10.1. The number of aromatic nitrogens is 2. The average Bonchev–Trinajstić information content (AvgIpc) is 2.67. The van der Waals surface area contributed by atoms with Crippen molar-refractivity contribution in [1.29, 1.82) is 0 Å². The van der Waals surface area contributed by atoms with Crippen molar-refractivity contribution in [3.8, 4) is 0 Å². The quantitative estimate of drug-likeness (QED) is 0.905. The molecule has 1 N–H and O–H groups in total. The third-order valence-corrected chi connectivity index (χ3v) is 4.56. The zero-order valence-corrected chi connectivity index (χ0v) is 14.0. The standard InChI is InChI=1S/C19H21N3O3/c23-18(16-11-21-17(12-20-16)19(24)25)22(15-9-5-2-6-10-15)13-14-7-3-1-4-8-14/h1,3-4,7-8,11-12,15H,2,5-6,9-10,13H2,(H,24,25). The van der Waals surface area contributed by atoms with Crippen LogP contribution in [-0.4, -0.2) is 37.9 Å². The fraction of sp³-hybridized carbons (Fsp3) is 0.368. The number of rotatable bonds is 5. The Hall–Kier alpha value is -2.76. The number of carbonyl (C=O) groups is 2. The van der Waals surface area contributed by atoms with Gasteiger partial charge in [-0.25, -0.2) is 14.8 Å². The Morgan fingerprint density at radius 1 is 1.00 bits per heavy atom. The minimum atomic E-state index is -1.15. The van der Waals surface area contributed by atoms with E-state index in [9.17, 15) is 9.59 Å². The average molecular weight is 339 g/mol. The van der Waals surface area contributed by atoms with Crippen LogP contribution in [0.5, 0.6) is 0 Å². The molecular formula is C19H21N3O3. The van der Waals surface area contributed by atoms with Crippen LogP contribution in [0.3, 0.4) is 0 Å². The molecule has 1 saturated carbocycles. The van der Waals surface area contributed by atoms with Gasteiger partial charge in [0.25, 0.3) is 5.91 Å². The van der Waals surface area contributed by atoms with E-state index >= 15 is 0 Å². The Labute approximate surface area is 146 Å². The molecule has 0 atom stereocenters. The smallest absolute Gasteiger partial charge is 0.356 e. The van der Waals surface area contributed by atoms with Crippen LogP contribution in [0, 0.1) is 0 Å². The molecule has 0 radical (unpaired) electrons. The lowest BCUT2D eigenvalue weighted by Crippen LogP contribution is -2.41. The monoisotopic (exact) mass is 339 g/mol. The SMILES string of the molecule is O=C(O)c1cnc(C(=O)N(Cc2ccccc2)C2CCCCC2)cn1. The molecule has 1 aromatic carbocycles. The fourth-order valence-electron chi connectivity index (χ4n) is 3.24. The number of hydrogen-bond acceptors (Lipinski definition) is 4. The van der Waals surface area contributed by atoms with Crippen molar-refractivity contribution in [2.45, 2.75) is 44.7 Å². The van der Waals surface area contributed by atoms with Gasteiger partial charge in [0, 0.05) is 12.6 Å². The van der Waals surface area contributed by atoms with Gasteiger partial charge < -0.3 is 10.0 Å². The first-order valence-corrected chi connectivity index (χ1v) is 8.55. The number of carboxylic acid groups (broad SMARTS) is 1. The molecule has 1 amide bonds. The molecule has 0 aliphatic heterocycles. The highest BCUT2D eigenvalue weighted by atomic mass is 16.4. The maximum Gasteiger partial charge on any atom is 0.356 e. The zero-order chi connectivity index (χ0) is 17.6. The van der Waals surface area contributed by atoms with Crippen molar-refractivity contribution < 1.29 is 14.7 Å². The van der Waals surface area contributed by atoms with Gasteiger partial charge in [-0.05, 0) is 18.4 Å². The van der Waals surface area contributed by atoms with E-state index < -0.39 is 5.97 Å². The van der Waals surface area contributed by atoms with Gasteiger partial charge in [-0.2, -0.15) is 0 Å². The van der Waals surface area contributed by atoms with Gasteiger partial charge >= 0.3 is 5.97 Å². The summed E-state index contributed by atoms with van der Waals surface area (Å²) in [4.78, 5) is 33.6. The normalized spacial score (nSPS) is 14.9. The lowest BCUT2D eigenvalue weighted by Gasteiger charge is -2.34. The lowest BCUT2D eigenvalue weighted by atomic mass is 9.93. The van der Waals surface area contributed by atoms with Gasteiger partial charge in [-0.1, -0.05) is 49.6 Å². The summed E-state index contributed by atoms with van der Waals surface area (Å²) in [6.07, 6.45) is 7.80. The molecule has 0 spiro atoms. The highest BCUT2D eigenvalue weighted by molar-refractivity contribution is 5.93. The molecule has 1 aromatic heterocycles. The van der Waals surface area contributed by atoms with Crippen LogP contribution in [0.15, 0.2) is 42.7 Å². The van der Waals surface area contributed by atoms with Crippen molar-refractivity contribution in [3.63, 3.8) is 0 Å². The number of aromatic carboxylic acids is 1. The molecule has 0 unspecified atom stereocenters. The van der Waals surface area contributed by atoms with Crippen molar-refractivity contribution in [1.82, 2.24) is 14.9 Å². The van der Waals surface area contributed by atoms with Crippen LogP contribution >= 0.6 is 0 Å². The van der Waals surface area contributed by atoms with Crippen molar-refractivity contribution >= 4 is 11.9 Å². The molecular weight excluding hydrogens is 318 g/mol. The molecule has 1 heterocycles. The first-order valence-electron chi connectivity index (χ1n) is 8.55. The van der Waals surface area contributed by atoms with E-state index in [4.69, 9.17) is 5.11 Å². The van der Waals surface area contributed by atoms with E-state index in [0.717, 1.165) is 37.4 Å². The Balaban J connectivity index is 1.84. The Kier molecular flexibility index (Phi) is 5.38. The highest BCUT2D eigenvalue weighted by Crippen LogP contribution is 2.25. The molecule has 2 aromatic rings. The molecule has 25 heavy (non-hydrogen) atoms. The van der Waals surface area contributed by atoms with E-state index in [-0.39, 0.29) is 23.3 Å². The van der Waals surface area contributed by atoms with Gasteiger partial charge in [-0.15, -0.1) is 0 Å². The first kappa shape index (κ1) is 17.1. The molecule has 1 aliphatic carbocycles. The molecule has 130 valence electrons. The molecule has 6 nitrogen and oxygen atoms in total. The number of carbonyl (C=O) groups excluding carboxylic acids is 1. The number of carboxylic acids is 1. The Bertz CT molecular complexity index is 725. The molecule has 6 heteroatoms. The Morgan fingerprint density at radius 2 is 1.64 bits per heavy atom. The highest BCUT2D eigenvalue weighted by Gasteiger charge is 2.27. The summed E-state index contributed by atoms with van der Waals surface area (Å²) in [5, 5.41) is 8.92. The van der Waals surface area contributed by atoms with E-state index in [1.165, 1.54) is 12.6 Å². The fourth-order valence-corrected chi connectivity index (χ4v) is 3.24. The summed E-state index contributed by atoms with van der Waals surface area (Å²) >= 11 is 0. The topological polar surface area (TPSA) is 83.4 Å². The first-order chi connectivity index (χ1) is 12.1. The summed E-state index contributed by atoms with van der Waals surface area (Å²) in [5.74, 6) is -1.35. The number of amides is 1. The van der Waals surface area contributed by atoms with Gasteiger partial charge in [0.05, 0.1) is 12.4 Å². The zero-order valence-electron chi connectivity index (χ0n) is 14.0. The predicted molar refractivity (Wildman–Crippen MR) is 92.2 cm³/mol. The number of nitrogens with zero attached hydrogens (tertiary/aromatic N) is 3. The van der Waals surface area contributed by atoms with Gasteiger partial charge in [0.15, 0.2) is 5.69 Å². The molecule has 1 aliphatic rings. The van der Waals surface area contributed by atoms with E-state index in [0.29, 0.717) is 6.54 Å². The Morgan fingerprint density at radius 3 is 2.24 bits per heavy atom. The van der Waals surface area contributed by atoms with Crippen LogP contribution < -0.4 is 0 Å². The summed E-state index contributed by atoms with van der Waals surface area (Å²) < 4.78 is 0. The van der Waals surface area contributed by atoms with Crippen molar-refractivity contribution in [2.75, 3.05) is 0 Å². The minimum absolute atomic E-state index is 0.163. The summed E-state index contributed by atoms with van der Waals surface area (Å²) in [7, 11) is 0. The second kappa shape index (κ2) is 7.88. The van der Waals surface area contributed by atoms with E-state index in [1.807, 2.05) is 35.2 Å². The maximum absolute atomic E-state index is 13.0.